The topological polar surface area (TPSA) is 85.8 Å². The summed E-state index contributed by atoms with van der Waals surface area (Å²) in [5.41, 5.74) is -2.71. The fraction of sp³-hybridized carbons (Fsp3) is 0.548. The van der Waals surface area contributed by atoms with Gasteiger partial charge in [-0.1, -0.05) is 30.3 Å². The van der Waals surface area contributed by atoms with Crippen LogP contribution < -0.4 is 0 Å². The molecule has 3 fully saturated rings. The fourth-order valence-electron chi connectivity index (χ4n) is 6.36. The Labute approximate surface area is 262 Å². The summed E-state index contributed by atoms with van der Waals surface area (Å²) in [4.78, 5) is 34.0. The van der Waals surface area contributed by atoms with Crippen LogP contribution in [-0.2, 0) is 39.6 Å². The van der Waals surface area contributed by atoms with Gasteiger partial charge in [0.15, 0.2) is 0 Å². The summed E-state index contributed by atoms with van der Waals surface area (Å²) in [6.45, 7) is 4.49. The summed E-state index contributed by atoms with van der Waals surface area (Å²) < 4.78 is 91.4. The number of amides is 2. The number of morpholine rings is 1. The number of alkyl halides is 6. The van der Waals surface area contributed by atoms with Gasteiger partial charge in [-0.25, -0.2) is 4.79 Å². The number of aliphatic hydroxyl groups excluding tert-OH is 1. The molecular weight excluding hydrogens is 622 g/mol. The first kappa shape index (κ1) is 33.9. The lowest BCUT2D eigenvalue weighted by Gasteiger charge is -2.56. The summed E-state index contributed by atoms with van der Waals surface area (Å²) in [6.07, 6.45) is -12.9. The van der Waals surface area contributed by atoms with E-state index in [0.717, 1.165) is 18.7 Å². The number of rotatable bonds is 7. The van der Waals surface area contributed by atoms with E-state index in [1.165, 1.54) is 9.80 Å². The van der Waals surface area contributed by atoms with Crippen LogP contribution in [0.1, 0.15) is 35.6 Å². The SMILES string of the molecule is C[C@H]1C(O)N(CCN2CCOCC2)CC2N(C(=O)OCc3cc(C(F)(F)F)cc(C(F)(F)F)c3)C(Cc3ccccc3)CC(=O)N21. The van der Waals surface area contributed by atoms with Crippen molar-refractivity contribution in [3.63, 3.8) is 0 Å². The van der Waals surface area contributed by atoms with Crippen molar-refractivity contribution in [3.8, 4) is 0 Å². The van der Waals surface area contributed by atoms with Crippen LogP contribution in [-0.4, -0.2) is 107 Å². The van der Waals surface area contributed by atoms with Crippen molar-refractivity contribution in [2.45, 2.75) is 63.2 Å². The first-order valence-corrected chi connectivity index (χ1v) is 15.0. The van der Waals surface area contributed by atoms with Crippen molar-refractivity contribution >= 4 is 12.0 Å². The van der Waals surface area contributed by atoms with Crippen molar-refractivity contribution in [1.29, 1.82) is 0 Å². The van der Waals surface area contributed by atoms with E-state index < -0.39 is 66.2 Å². The van der Waals surface area contributed by atoms with Crippen LogP contribution in [0.4, 0.5) is 31.1 Å². The van der Waals surface area contributed by atoms with Gasteiger partial charge in [0.2, 0.25) is 5.91 Å². The molecule has 15 heteroatoms. The van der Waals surface area contributed by atoms with E-state index in [2.05, 4.69) is 4.90 Å². The average molecular weight is 659 g/mol. The molecule has 0 spiro atoms. The minimum atomic E-state index is -5.06. The Morgan fingerprint density at radius 2 is 1.59 bits per heavy atom. The van der Waals surface area contributed by atoms with Gasteiger partial charge in [-0.3, -0.25) is 19.5 Å². The number of carbonyl (C=O) groups excluding carboxylic acids is 2. The van der Waals surface area contributed by atoms with Crippen molar-refractivity contribution in [3.05, 3.63) is 70.8 Å². The number of halogens is 6. The van der Waals surface area contributed by atoms with Crippen LogP contribution in [0.25, 0.3) is 0 Å². The standard InChI is InChI=1S/C31H36F6N4O5/c1-20-28(43)39(8-7-38-9-11-45-12-10-38)18-26-40(20)27(42)17-25(15-21-5-3-2-4-6-21)41(26)29(44)46-19-22-13-23(30(32,33)34)16-24(14-22)31(35,36)37/h2-6,13-14,16,20,25-26,28,43H,7-12,15,17-19H2,1H3/t20-,25?,26?,28?/m0/s1. The predicted octanol–water partition coefficient (Wildman–Crippen LogP) is 4.19. The highest BCUT2D eigenvalue weighted by Gasteiger charge is 2.51. The smallest absolute Gasteiger partial charge is 0.416 e. The first-order valence-electron chi connectivity index (χ1n) is 15.0. The number of aliphatic hydroxyl groups is 1. The molecule has 3 aliphatic heterocycles. The van der Waals surface area contributed by atoms with E-state index >= 15 is 0 Å². The van der Waals surface area contributed by atoms with Crippen LogP contribution in [0.5, 0.6) is 0 Å². The lowest BCUT2D eigenvalue weighted by Crippen LogP contribution is -2.74. The van der Waals surface area contributed by atoms with Crippen molar-refractivity contribution in [1.82, 2.24) is 19.6 Å². The second-order valence-electron chi connectivity index (χ2n) is 11.8. The van der Waals surface area contributed by atoms with Crippen LogP contribution >= 0.6 is 0 Å². The second-order valence-corrected chi connectivity index (χ2v) is 11.8. The molecule has 46 heavy (non-hydrogen) atoms. The van der Waals surface area contributed by atoms with Gasteiger partial charge in [-0.2, -0.15) is 26.3 Å². The number of fused-ring (bicyclic) bond motifs is 1. The molecule has 2 aromatic rings. The minimum Gasteiger partial charge on any atom is -0.444 e. The summed E-state index contributed by atoms with van der Waals surface area (Å²) >= 11 is 0. The maximum atomic E-state index is 13.8. The molecule has 4 atom stereocenters. The van der Waals surface area contributed by atoms with Crippen molar-refractivity contribution in [2.24, 2.45) is 0 Å². The third-order valence-corrected chi connectivity index (χ3v) is 8.72. The Morgan fingerprint density at radius 3 is 2.20 bits per heavy atom. The highest BCUT2D eigenvalue weighted by atomic mass is 19.4. The Kier molecular flexibility index (Phi) is 10.2. The van der Waals surface area contributed by atoms with Gasteiger partial charge in [0, 0.05) is 45.2 Å². The molecule has 0 bridgehead atoms. The highest BCUT2D eigenvalue weighted by molar-refractivity contribution is 5.81. The van der Waals surface area contributed by atoms with E-state index in [-0.39, 0.29) is 31.4 Å². The molecule has 5 rings (SSSR count). The summed E-state index contributed by atoms with van der Waals surface area (Å²) in [6, 6.07) is 8.65. The number of nitrogens with zero attached hydrogens (tertiary/aromatic N) is 4. The Hall–Kier alpha value is -3.40. The number of hydrogen-bond acceptors (Lipinski definition) is 7. The van der Waals surface area contributed by atoms with Crippen molar-refractivity contribution in [2.75, 3.05) is 45.9 Å². The zero-order valence-electron chi connectivity index (χ0n) is 25.1. The lowest BCUT2D eigenvalue weighted by atomic mass is 9.95. The number of piperazine rings is 1. The molecule has 3 unspecified atom stereocenters. The summed E-state index contributed by atoms with van der Waals surface area (Å²) in [5, 5.41) is 11.2. The minimum absolute atomic E-state index is 0.00949. The molecule has 3 aliphatic rings. The average Bonchev–Trinajstić information content (AvgIpc) is 3.01. The molecule has 2 aromatic carbocycles. The zero-order chi connectivity index (χ0) is 33.2. The Balaban J connectivity index is 1.41. The number of ether oxygens (including phenoxy) is 2. The van der Waals surface area contributed by atoms with Gasteiger partial charge in [-0.15, -0.1) is 0 Å². The maximum absolute atomic E-state index is 13.8. The molecule has 0 radical (unpaired) electrons. The molecule has 3 heterocycles. The second kappa shape index (κ2) is 13.8. The molecule has 0 saturated carbocycles. The van der Waals surface area contributed by atoms with Gasteiger partial charge in [-0.05, 0) is 42.7 Å². The van der Waals surface area contributed by atoms with Gasteiger partial charge in [0.1, 0.15) is 19.0 Å². The van der Waals surface area contributed by atoms with Gasteiger partial charge in [0.05, 0.1) is 30.4 Å². The van der Waals surface area contributed by atoms with E-state index in [9.17, 15) is 41.0 Å². The number of benzene rings is 2. The largest absolute Gasteiger partial charge is 0.444 e. The molecule has 0 aromatic heterocycles. The van der Waals surface area contributed by atoms with E-state index in [0.29, 0.717) is 38.4 Å². The predicted molar refractivity (Wildman–Crippen MR) is 152 cm³/mol. The Morgan fingerprint density at radius 1 is 0.957 bits per heavy atom. The monoisotopic (exact) mass is 658 g/mol. The van der Waals surface area contributed by atoms with Gasteiger partial charge >= 0.3 is 18.4 Å². The molecule has 9 nitrogen and oxygen atoms in total. The molecule has 3 saturated heterocycles. The van der Waals surface area contributed by atoms with Crippen LogP contribution in [0.3, 0.4) is 0 Å². The normalized spacial score (nSPS) is 25.0. The summed E-state index contributed by atoms with van der Waals surface area (Å²) in [5.74, 6) is -0.290. The molecule has 0 aliphatic carbocycles. The van der Waals surface area contributed by atoms with Crippen LogP contribution in [0.15, 0.2) is 48.5 Å². The van der Waals surface area contributed by atoms with Crippen LogP contribution in [0.2, 0.25) is 0 Å². The number of hydrogen-bond donors (Lipinski definition) is 1. The summed E-state index contributed by atoms with van der Waals surface area (Å²) in [7, 11) is 0. The maximum Gasteiger partial charge on any atom is 0.416 e. The third-order valence-electron chi connectivity index (χ3n) is 8.72. The molecule has 1 N–H and O–H groups in total. The Bertz CT molecular complexity index is 1340. The van der Waals surface area contributed by atoms with E-state index in [1.54, 1.807) is 24.0 Å². The quantitative estimate of drug-likeness (QED) is 0.447. The van der Waals surface area contributed by atoms with Gasteiger partial charge < -0.3 is 19.5 Å². The number of carbonyl (C=O) groups is 2. The lowest BCUT2D eigenvalue weighted by molar-refractivity contribution is -0.184. The molecule has 252 valence electrons. The van der Waals surface area contributed by atoms with E-state index in [1.807, 2.05) is 18.2 Å². The molecule has 2 amide bonds. The third kappa shape index (κ3) is 7.76. The fourth-order valence-corrected chi connectivity index (χ4v) is 6.36. The van der Waals surface area contributed by atoms with Crippen LogP contribution in [0, 0.1) is 0 Å². The molecular formula is C31H36F6N4O5. The van der Waals surface area contributed by atoms with Crippen molar-refractivity contribution < 1.29 is 50.5 Å². The zero-order valence-corrected chi connectivity index (χ0v) is 25.1. The highest BCUT2D eigenvalue weighted by Crippen LogP contribution is 2.37. The van der Waals surface area contributed by atoms with Gasteiger partial charge in [0.25, 0.3) is 0 Å². The van der Waals surface area contributed by atoms with E-state index in [4.69, 9.17) is 9.47 Å². The first-order chi connectivity index (χ1) is 21.7.